The fraction of sp³-hybridized carbons (Fsp3) is 0.227. The molecule has 0 aliphatic heterocycles. The van der Waals surface area contributed by atoms with Gasteiger partial charge in [0.05, 0.1) is 11.0 Å². The Morgan fingerprint density at radius 2 is 1.75 bits per heavy atom. The molecule has 6 heteroatoms. The number of hydrogen-bond donors (Lipinski definition) is 1. The number of aryl methyl sites for hydroxylation is 2. The van der Waals surface area contributed by atoms with Gasteiger partial charge in [-0.2, -0.15) is 5.10 Å². The Morgan fingerprint density at radius 3 is 2.46 bits per heavy atom. The molecule has 0 atom stereocenters. The van der Waals surface area contributed by atoms with Crippen molar-refractivity contribution in [2.45, 2.75) is 33.4 Å². The van der Waals surface area contributed by atoms with Crippen LogP contribution >= 0.6 is 0 Å². The molecule has 0 spiro atoms. The molecule has 0 radical (unpaired) electrons. The number of aromatic nitrogens is 3. The monoisotopic (exact) mass is 374 g/mol. The number of hydrogen-bond acceptors (Lipinski definition) is 3. The number of nitrogens with one attached hydrogen (secondary N) is 1. The molecule has 28 heavy (non-hydrogen) atoms. The van der Waals surface area contributed by atoms with Crippen molar-refractivity contribution in [3.8, 4) is 0 Å². The maximum atomic E-state index is 12.9. The number of benzene rings is 2. The van der Waals surface area contributed by atoms with Gasteiger partial charge in [0.15, 0.2) is 5.69 Å². The molecule has 0 fully saturated rings. The van der Waals surface area contributed by atoms with E-state index in [1.807, 2.05) is 62.4 Å². The summed E-state index contributed by atoms with van der Waals surface area (Å²) in [5, 5.41) is 7.30. The lowest BCUT2D eigenvalue weighted by Crippen LogP contribution is -2.23. The summed E-state index contributed by atoms with van der Waals surface area (Å²) in [6.45, 7) is 5.09. The van der Waals surface area contributed by atoms with Crippen molar-refractivity contribution < 1.29 is 4.79 Å². The van der Waals surface area contributed by atoms with E-state index in [1.54, 1.807) is 15.1 Å². The molecule has 4 rings (SSSR count). The van der Waals surface area contributed by atoms with E-state index >= 15 is 0 Å². The van der Waals surface area contributed by atoms with Gasteiger partial charge in [-0.1, -0.05) is 48.9 Å². The van der Waals surface area contributed by atoms with E-state index in [9.17, 15) is 9.59 Å². The molecule has 2 aromatic heterocycles. The second-order valence-corrected chi connectivity index (χ2v) is 6.94. The topological polar surface area (TPSA) is 68.4 Å². The number of rotatable bonds is 5. The van der Waals surface area contributed by atoms with Gasteiger partial charge in [0.1, 0.15) is 5.52 Å². The lowest BCUT2D eigenvalue weighted by Gasteiger charge is -2.10. The molecule has 2 aromatic carbocycles. The summed E-state index contributed by atoms with van der Waals surface area (Å²) >= 11 is 0. The van der Waals surface area contributed by atoms with Crippen molar-refractivity contribution in [3.63, 3.8) is 0 Å². The maximum Gasteiger partial charge on any atom is 0.277 e. The maximum absolute atomic E-state index is 12.9. The first-order valence-electron chi connectivity index (χ1n) is 9.43. The van der Waals surface area contributed by atoms with Crippen molar-refractivity contribution in [1.82, 2.24) is 19.5 Å². The zero-order valence-corrected chi connectivity index (χ0v) is 16.0. The molecule has 6 nitrogen and oxygen atoms in total. The van der Waals surface area contributed by atoms with Crippen LogP contribution in [0.1, 0.15) is 35.0 Å². The number of nitrogens with zero attached hydrogens (tertiary/aromatic N) is 3. The van der Waals surface area contributed by atoms with Gasteiger partial charge >= 0.3 is 0 Å². The number of carbonyl (C=O) groups is 1. The molecule has 0 aliphatic rings. The van der Waals surface area contributed by atoms with Crippen LogP contribution in [0, 0.1) is 6.92 Å². The summed E-state index contributed by atoms with van der Waals surface area (Å²) in [7, 11) is 0. The van der Waals surface area contributed by atoms with Crippen molar-refractivity contribution in [1.29, 1.82) is 0 Å². The quantitative estimate of drug-likeness (QED) is 0.583. The average Bonchev–Trinajstić information content (AvgIpc) is 3.16. The molecule has 2 heterocycles. The molecule has 0 saturated heterocycles. The van der Waals surface area contributed by atoms with Crippen LogP contribution in [0.4, 0.5) is 0 Å². The molecule has 4 aromatic rings. The Hall–Kier alpha value is -3.41. The molecule has 0 saturated carbocycles. The largest absolute Gasteiger partial charge is 0.347 e. The smallest absolute Gasteiger partial charge is 0.277 e. The standard InChI is InChI=1S/C22H22N4O2/c1-3-12-25-18-6-4-5-7-19(18)26-20(22(25)28)13-17(24-26)21(27)23-14-16-10-8-15(2)9-11-16/h4-11,13H,3,12,14H2,1-2H3,(H,23,27). The Balaban J connectivity index is 1.71. The Morgan fingerprint density at radius 1 is 1.04 bits per heavy atom. The zero-order valence-electron chi connectivity index (χ0n) is 16.0. The van der Waals surface area contributed by atoms with E-state index in [-0.39, 0.29) is 17.2 Å². The van der Waals surface area contributed by atoms with Gasteiger partial charge in [0.25, 0.3) is 11.5 Å². The van der Waals surface area contributed by atoms with E-state index in [2.05, 4.69) is 10.4 Å². The van der Waals surface area contributed by atoms with Crippen LogP contribution in [0.25, 0.3) is 16.6 Å². The van der Waals surface area contributed by atoms with E-state index in [4.69, 9.17) is 0 Å². The molecule has 1 amide bonds. The van der Waals surface area contributed by atoms with Crippen LogP contribution in [0.2, 0.25) is 0 Å². The Labute approximate surface area is 162 Å². The van der Waals surface area contributed by atoms with Crippen molar-refractivity contribution in [2.24, 2.45) is 0 Å². The highest BCUT2D eigenvalue weighted by molar-refractivity contribution is 5.94. The molecule has 0 unspecified atom stereocenters. The lowest BCUT2D eigenvalue weighted by molar-refractivity contribution is 0.0945. The third-order valence-electron chi connectivity index (χ3n) is 4.83. The van der Waals surface area contributed by atoms with Gasteiger partial charge in [-0.15, -0.1) is 0 Å². The third-order valence-corrected chi connectivity index (χ3v) is 4.83. The van der Waals surface area contributed by atoms with Gasteiger partial charge in [-0.3, -0.25) is 9.59 Å². The fourth-order valence-electron chi connectivity index (χ4n) is 3.37. The summed E-state index contributed by atoms with van der Waals surface area (Å²) in [5.41, 5.74) is 4.32. The first kappa shape index (κ1) is 18.0. The third kappa shape index (κ3) is 3.17. The van der Waals surface area contributed by atoms with Gasteiger partial charge in [-0.05, 0) is 31.0 Å². The van der Waals surface area contributed by atoms with E-state index in [0.717, 1.165) is 23.0 Å². The molecule has 0 bridgehead atoms. The Kier molecular flexibility index (Phi) is 4.69. The van der Waals surface area contributed by atoms with Crippen LogP contribution < -0.4 is 10.9 Å². The predicted octanol–water partition coefficient (Wildman–Crippen LogP) is 3.30. The van der Waals surface area contributed by atoms with Gasteiger partial charge < -0.3 is 9.88 Å². The van der Waals surface area contributed by atoms with Crippen LogP contribution in [0.3, 0.4) is 0 Å². The first-order chi connectivity index (χ1) is 13.6. The number of fused-ring (bicyclic) bond motifs is 3. The van der Waals surface area contributed by atoms with E-state index < -0.39 is 0 Å². The minimum atomic E-state index is -0.296. The van der Waals surface area contributed by atoms with Crippen molar-refractivity contribution in [2.75, 3.05) is 0 Å². The molecule has 1 N–H and O–H groups in total. The predicted molar refractivity (Wildman–Crippen MR) is 110 cm³/mol. The van der Waals surface area contributed by atoms with Crippen LogP contribution in [-0.2, 0) is 13.1 Å². The van der Waals surface area contributed by atoms with E-state index in [1.165, 1.54) is 5.56 Å². The zero-order chi connectivity index (χ0) is 19.7. The second kappa shape index (κ2) is 7.31. The van der Waals surface area contributed by atoms with Crippen molar-refractivity contribution in [3.05, 3.63) is 81.8 Å². The van der Waals surface area contributed by atoms with Gasteiger partial charge in [-0.25, -0.2) is 4.52 Å². The number of carbonyl (C=O) groups excluding carboxylic acids is 1. The highest BCUT2D eigenvalue weighted by Crippen LogP contribution is 2.15. The molecule has 0 aliphatic carbocycles. The molecular formula is C22H22N4O2. The Bertz CT molecular complexity index is 1220. The minimum absolute atomic E-state index is 0.134. The summed E-state index contributed by atoms with van der Waals surface area (Å²) in [4.78, 5) is 25.6. The normalized spacial score (nSPS) is 11.2. The van der Waals surface area contributed by atoms with Crippen molar-refractivity contribution >= 4 is 22.5 Å². The SMILES string of the molecule is CCCn1c(=O)c2cc(C(=O)NCc3ccc(C)cc3)nn2c2ccccc21. The van der Waals surface area contributed by atoms with Gasteiger partial charge in [0.2, 0.25) is 0 Å². The summed E-state index contributed by atoms with van der Waals surface area (Å²) in [6, 6.07) is 17.2. The summed E-state index contributed by atoms with van der Waals surface area (Å²) in [6.07, 6.45) is 0.845. The average molecular weight is 374 g/mol. The minimum Gasteiger partial charge on any atom is -0.347 e. The summed E-state index contributed by atoms with van der Waals surface area (Å²) in [5.74, 6) is -0.296. The van der Waals surface area contributed by atoms with Crippen LogP contribution in [0.15, 0.2) is 59.4 Å². The highest BCUT2D eigenvalue weighted by atomic mass is 16.2. The number of amides is 1. The second-order valence-electron chi connectivity index (χ2n) is 6.94. The van der Waals surface area contributed by atoms with Gasteiger partial charge in [0, 0.05) is 19.2 Å². The molecule has 142 valence electrons. The number of para-hydroxylation sites is 2. The summed E-state index contributed by atoms with van der Waals surface area (Å²) < 4.78 is 3.32. The lowest BCUT2D eigenvalue weighted by atomic mass is 10.1. The highest BCUT2D eigenvalue weighted by Gasteiger charge is 2.16. The van der Waals surface area contributed by atoms with Crippen LogP contribution in [0.5, 0.6) is 0 Å². The van der Waals surface area contributed by atoms with Crippen LogP contribution in [-0.4, -0.2) is 20.1 Å². The fourth-order valence-corrected chi connectivity index (χ4v) is 3.37. The first-order valence-corrected chi connectivity index (χ1v) is 9.43. The molecular weight excluding hydrogens is 352 g/mol. The van der Waals surface area contributed by atoms with E-state index in [0.29, 0.717) is 18.6 Å².